The third-order valence-corrected chi connectivity index (χ3v) is 4.16. The zero-order valence-corrected chi connectivity index (χ0v) is 15.2. The Labute approximate surface area is 161 Å². The molecule has 0 N–H and O–H groups in total. The topological polar surface area (TPSA) is 85.0 Å². The number of pyridine rings is 2. The summed E-state index contributed by atoms with van der Waals surface area (Å²) in [5.41, 5.74) is 2.84. The summed E-state index contributed by atoms with van der Waals surface area (Å²) in [4.78, 5) is 23.2. The SMILES string of the molecule is Cc1nnc(-c2ccc(CN(C(=O)c3ccncc3)c3ccccc3)nc2)o1. The summed E-state index contributed by atoms with van der Waals surface area (Å²) in [5.74, 6) is 0.800. The fourth-order valence-electron chi connectivity index (χ4n) is 2.76. The zero-order valence-electron chi connectivity index (χ0n) is 15.2. The number of para-hydroxylation sites is 1. The highest BCUT2D eigenvalue weighted by molar-refractivity contribution is 6.05. The van der Waals surface area contributed by atoms with Gasteiger partial charge in [-0.15, -0.1) is 10.2 Å². The molecule has 0 aliphatic rings. The van der Waals surface area contributed by atoms with Gasteiger partial charge in [-0.25, -0.2) is 0 Å². The first-order valence-corrected chi connectivity index (χ1v) is 8.73. The maximum absolute atomic E-state index is 13.1. The summed E-state index contributed by atoms with van der Waals surface area (Å²) in [6, 6.07) is 16.6. The van der Waals surface area contributed by atoms with E-state index >= 15 is 0 Å². The number of carbonyl (C=O) groups is 1. The molecule has 1 aromatic carbocycles. The van der Waals surface area contributed by atoms with E-state index in [0.29, 0.717) is 23.9 Å². The van der Waals surface area contributed by atoms with Crippen molar-refractivity contribution in [2.75, 3.05) is 4.90 Å². The van der Waals surface area contributed by atoms with Crippen molar-refractivity contribution in [1.29, 1.82) is 0 Å². The highest BCUT2D eigenvalue weighted by Gasteiger charge is 2.19. The molecule has 0 atom stereocenters. The van der Waals surface area contributed by atoms with E-state index in [4.69, 9.17) is 4.42 Å². The van der Waals surface area contributed by atoms with Crippen molar-refractivity contribution in [2.24, 2.45) is 0 Å². The Morgan fingerprint density at radius 1 is 1.00 bits per heavy atom. The van der Waals surface area contributed by atoms with E-state index in [1.807, 2.05) is 42.5 Å². The van der Waals surface area contributed by atoms with Crippen LogP contribution < -0.4 is 4.90 Å². The molecule has 3 heterocycles. The number of rotatable bonds is 5. The van der Waals surface area contributed by atoms with Crippen LogP contribution in [-0.2, 0) is 6.54 Å². The maximum Gasteiger partial charge on any atom is 0.258 e. The Kier molecular flexibility index (Phi) is 4.88. The lowest BCUT2D eigenvalue weighted by Crippen LogP contribution is -2.30. The quantitative estimate of drug-likeness (QED) is 0.532. The predicted molar refractivity (Wildman–Crippen MR) is 103 cm³/mol. The molecule has 4 rings (SSSR count). The smallest absolute Gasteiger partial charge is 0.258 e. The van der Waals surface area contributed by atoms with Crippen LogP contribution in [0.1, 0.15) is 21.9 Å². The molecule has 7 heteroatoms. The predicted octanol–water partition coefficient (Wildman–Crippen LogP) is 3.68. The van der Waals surface area contributed by atoms with E-state index in [9.17, 15) is 4.79 Å². The van der Waals surface area contributed by atoms with Gasteiger partial charge in [0.25, 0.3) is 5.91 Å². The first kappa shape index (κ1) is 17.5. The lowest BCUT2D eigenvalue weighted by Gasteiger charge is -2.22. The molecular weight excluding hydrogens is 354 g/mol. The van der Waals surface area contributed by atoms with E-state index in [-0.39, 0.29) is 5.91 Å². The van der Waals surface area contributed by atoms with Gasteiger partial charge in [-0.05, 0) is 36.4 Å². The Morgan fingerprint density at radius 2 is 1.79 bits per heavy atom. The number of benzene rings is 1. The minimum Gasteiger partial charge on any atom is -0.421 e. The van der Waals surface area contributed by atoms with Gasteiger partial charge in [0.15, 0.2) is 0 Å². The summed E-state index contributed by atoms with van der Waals surface area (Å²) < 4.78 is 5.42. The van der Waals surface area contributed by atoms with E-state index in [0.717, 1.165) is 16.9 Å². The molecule has 0 aliphatic carbocycles. The van der Waals surface area contributed by atoms with Crippen molar-refractivity contribution < 1.29 is 9.21 Å². The molecule has 138 valence electrons. The fraction of sp³-hybridized carbons (Fsp3) is 0.0952. The van der Waals surface area contributed by atoms with Gasteiger partial charge in [-0.3, -0.25) is 14.8 Å². The number of hydrogen-bond acceptors (Lipinski definition) is 6. The van der Waals surface area contributed by atoms with Crippen molar-refractivity contribution in [2.45, 2.75) is 13.5 Å². The average Bonchev–Trinajstić information content (AvgIpc) is 3.19. The van der Waals surface area contributed by atoms with E-state index < -0.39 is 0 Å². The normalized spacial score (nSPS) is 10.6. The number of nitrogens with zero attached hydrogens (tertiary/aromatic N) is 5. The maximum atomic E-state index is 13.1. The second-order valence-electron chi connectivity index (χ2n) is 6.13. The van der Waals surface area contributed by atoms with Crippen molar-refractivity contribution >= 4 is 11.6 Å². The van der Waals surface area contributed by atoms with Crippen LogP contribution in [0.3, 0.4) is 0 Å². The third-order valence-electron chi connectivity index (χ3n) is 4.16. The van der Waals surface area contributed by atoms with Gasteiger partial charge in [0.05, 0.1) is 17.8 Å². The van der Waals surface area contributed by atoms with Crippen molar-refractivity contribution in [3.63, 3.8) is 0 Å². The molecule has 0 bridgehead atoms. The number of aryl methyl sites for hydroxylation is 1. The molecule has 0 aliphatic heterocycles. The van der Waals surface area contributed by atoms with Crippen LogP contribution in [-0.4, -0.2) is 26.1 Å². The van der Waals surface area contributed by atoms with Gasteiger partial charge in [-0.1, -0.05) is 18.2 Å². The molecule has 7 nitrogen and oxygen atoms in total. The zero-order chi connectivity index (χ0) is 19.3. The minimum absolute atomic E-state index is 0.119. The number of amides is 1. The molecule has 0 fully saturated rings. The Hall–Kier alpha value is -3.87. The lowest BCUT2D eigenvalue weighted by molar-refractivity contribution is 0.0984. The summed E-state index contributed by atoms with van der Waals surface area (Å²) in [7, 11) is 0. The van der Waals surface area contributed by atoms with Gasteiger partial charge in [-0.2, -0.15) is 0 Å². The molecule has 0 saturated carbocycles. The van der Waals surface area contributed by atoms with Crippen molar-refractivity contribution in [3.8, 4) is 11.5 Å². The third kappa shape index (κ3) is 3.78. The van der Waals surface area contributed by atoms with E-state index in [1.165, 1.54) is 0 Å². The van der Waals surface area contributed by atoms with Gasteiger partial charge >= 0.3 is 0 Å². The molecule has 0 spiro atoms. The number of hydrogen-bond donors (Lipinski definition) is 0. The fourth-order valence-corrected chi connectivity index (χ4v) is 2.76. The summed E-state index contributed by atoms with van der Waals surface area (Å²) in [6.07, 6.45) is 4.88. The first-order valence-electron chi connectivity index (χ1n) is 8.73. The molecule has 0 radical (unpaired) electrons. The lowest BCUT2D eigenvalue weighted by atomic mass is 10.2. The summed E-state index contributed by atoms with van der Waals surface area (Å²) in [5, 5.41) is 7.82. The monoisotopic (exact) mass is 371 g/mol. The molecule has 28 heavy (non-hydrogen) atoms. The molecular formula is C21H17N5O2. The van der Waals surface area contributed by atoms with Crippen LogP contribution in [0.25, 0.3) is 11.5 Å². The van der Waals surface area contributed by atoms with Crippen LogP contribution in [0.2, 0.25) is 0 Å². The van der Waals surface area contributed by atoms with Gasteiger partial charge in [0.1, 0.15) is 0 Å². The Balaban J connectivity index is 1.61. The first-order chi connectivity index (χ1) is 13.7. The van der Waals surface area contributed by atoms with Crippen LogP contribution in [0, 0.1) is 6.92 Å². The molecule has 3 aromatic heterocycles. The van der Waals surface area contributed by atoms with Crippen molar-refractivity contribution in [3.05, 3.63) is 90.3 Å². The van der Waals surface area contributed by atoms with Crippen LogP contribution in [0.4, 0.5) is 5.69 Å². The summed E-state index contributed by atoms with van der Waals surface area (Å²) >= 11 is 0. The largest absolute Gasteiger partial charge is 0.421 e. The highest BCUT2D eigenvalue weighted by Crippen LogP contribution is 2.21. The molecule has 0 saturated heterocycles. The standard InChI is InChI=1S/C21H17N5O2/c1-15-24-25-20(28-15)17-7-8-18(23-13-17)14-26(19-5-3-2-4-6-19)21(27)16-9-11-22-12-10-16/h2-13H,14H2,1H3. The van der Waals surface area contributed by atoms with Crippen molar-refractivity contribution in [1.82, 2.24) is 20.2 Å². The van der Waals surface area contributed by atoms with Gasteiger partial charge < -0.3 is 9.32 Å². The van der Waals surface area contributed by atoms with Crippen LogP contribution >= 0.6 is 0 Å². The van der Waals surface area contributed by atoms with Gasteiger partial charge in [0.2, 0.25) is 11.8 Å². The number of anilines is 1. The second kappa shape index (κ2) is 7.79. The highest BCUT2D eigenvalue weighted by atomic mass is 16.4. The molecule has 0 unspecified atom stereocenters. The van der Waals surface area contributed by atoms with Crippen LogP contribution in [0.5, 0.6) is 0 Å². The molecule has 4 aromatic rings. The number of carbonyl (C=O) groups excluding carboxylic acids is 1. The average molecular weight is 371 g/mol. The minimum atomic E-state index is -0.119. The van der Waals surface area contributed by atoms with E-state index in [1.54, 1.807) is 42.5 Å². The van der Waals surface area contributed by atoms with E-state index in [2.05, 4.69) is 20.2 Å². The van der Waals surface area contributed by atoms with Crippen LogP contribution in [0.15, 0.2) is 77.6 Å². The van der Waals surface area contributed by atoms with Gasteiger partial charge in [0, 0.05) is 36.8 Å². The Morgan fingerprint density at radius 3 is 2.43 bits per heavy atom. The second-order valence-corrected chi connectivity index (χ2v) is 6.13. The Bertz CT molecular complexity index is 1060. The summed E-state index contributed by atoms with van der Waals surface area (Å²) in [6.45, 7) is 2.06. The number of aromatic nitrogens is 4. The molecule has 1 amide bonds.